The Morgan fingerprint density at radius 1 is 0.955 bits per heavy atom. The minimum atomic E-state index is -0.463. The topological polar surface area (TPSA) is 26.3 Å². The molecule has 22 heavy (non-hydrogen) atoms. The molecule has 0 aromatic heterocycles. The monoisotopic (exact) mass is 330 g/mol. The zero-order valence-corrected chi connectivity index (χ0v) is 13.1. The Morgan fingerprint density at radius 2 is 1.73 bits per heavy atom. The standard InChI is InChI=1S/C18H12Cl2O2/c19-14-8-9-16(17(20)10-14)18(21)22-11-13-6-3-5-12-4-1-2-7-15(12)13/h1-10H,11H2. The van der Waals surface area contributed by atoms with Gasteiger partial charge in [0.05, 0.1) is 10.6 Å². The van der Waals surface area contributed by atoms with E-state index in [9.17, 15) is 4.79 Å². The Morgan fingerprint density at radius 3 is 2.55 bits per heavy atom. The van der Waals surface area contributed by atoms with E-state index in [0.717, 1.165) is 16.3 Å². The molecule has 0 radical (unpaired) electrons. The van der Waals surface area contributed by atoms with E-state index in [2.05, 4.69) is 0 Å². The average Bonchev–Trinajstić information content (AvgIpc) is 2.52. The summed E-state index contributed by atoms with van der Waals surface area (Å²) < 4.78 is 5.38. The summed E-state index contributed by atoms with van der Waals surface area (Å²) in [5.74, 6) is -0.463. The van der Waals surface area contributed by atoms with Gasteiger partial charge in [-0.2, -0.15) is 0 Å². The molecule has 0 bridgehead atoms. The van der Waals surface area contributed by atoms with Crippen molar-refractivity contribution in [2.45, 2.75) is 6.61 Å². The van der Waals surface area contributed by atoms with Gasteiger partial charge >= 0.3 is 5.97 Å². The van der Waals surface area contributed by atoms with Gasteiger partial charge in [0.25, 0.3) is 0 Å². The van der Waals surface area contributed by atoms with Gasteiger partial charge in [-0.05, 0) is 34.5 Å². The number of rotatable bonds is 3. The molecule has 0 aliphatic carbocycles. The first-order valence-electron chi connectivity index (χ1n) is 6.74. The molecule has 0 saturated heterocycles. The van der Waals surface area contributed by atoms with Gasteiger partial charge in [0, 0.05) is 5.02 Å². The number of hydrogen-bond donors (Lipinski definition) is 0. The van der Waals surface area contributed by atoms with Crippen LogP contribution < -0.4 is 0 Å². The molecule has 0 aliphatic heterocycles. The summed E-state index contributed by atoms with van der Waals surface area (Å²) in [7, 11) is 0. The Kier molecular flexibility index (Phi) is 4.32. The molecule has 0 spiro atoms. The van der Waals surface area contributed by atoms with E-state index in [1.807, 2.05) is 42.5 Å². The molecular weight excluding hydrogens is 319 g/mol. The largest absolute Gasteiger partial charge is 0.457 e. The van der Waals surface area contributed by atoms with Crippen molar-refractivity contribution < 1.29 is 9.53 Å². The minimum absolute atomic E-state index is 0.194. The lowest BCUT2D eigenvalue weighted by Gasteiger charge is -2.09. The second-order valence-electron chi connectivity index (χ2n) is 4.84. The highest BCUT2D eigenvalue weighted by Gasteiger charge is 2.13. The molecule has 0 atom stereocenters. The number of ether oxygens (including phenoxy) is 1. The lowest BCUT2D eigenvalue weighted by molar-refractivity contribution is 0.0474. The lowest BCUT2D eigenvalue weighted by Crippen LogP contribution is -2.06. The molecule has 0 fully saturated rings. The van der Waals surface area contributed by atoms with Crippen LogP contribution in [0.4, 0.5) is 0 Å². The van der Waals surface area contributed by atoms with Crippen LogP contribution in [0.5, 0.6) is 0 Å². The van der Waals surface area contributed by atoms with Crippen LogP contribution in [0.3, 0.4) is 0 Å². The summed E-state index contributed by atoms with van der Waals surface area (Å²) in [5.41, 5.74) is 1.27. The summed E-state index contributed by atoms with van der Waals surface area (Å²) in [6.07, 6.45) is 0. The number of hydrogen-bond acceptors (Lipinski definition) is 2. The zero-order valence-electron chi connectivity index (χ0n) is 11.6. The Hall–Kier alpha value is -2.03. The van der Waals surface area contributed by atoms with Gasteiger partial charge in [-0.15, -0.1) is 0 Å². The molecule has 110 valence electrons. The second-order valence-corrected chi connectivity index (χ2v) is 5.68. The van der Waals surface area contributed by atoms with Crippen LogP contribution in [-0.4, -0.2) is 5.97 Å². The number of benzene rings is 3. The highest BCUT2D eigenvalue weighted by Crippen LogP contribution is 2.23. The predicted octanol–water partition coefficient (Wildman–Crippen LogP) is 5.50. The summed E-state index contributed by atoms with van der Waals surface area (Å²) in [6, 6.07) is 18.6. The number of esters is 1. The highest BCUT2D eigenvalue weighted by atomic mass is 35.5. The van der Waals surface area contributed by atoms with Crippen LogP contribution in [0.25, 0.3) is 10.8 Å². The van der Waals surface area contributed by atoms with Gasteiger partial charge in [-0.25, -0.2) is 4.79 Å². The van der Waals surface area contributed by atoms with E-state index in [-0.39, 0.29) is 11.6 Å². The molecule has 4 heteroatoms. The first-order valence-corrected chi connectivity index (χ1v) is 7.49. The fourth-order valence-corrected chi connectivity index (χ4v) is 2.78. The number of carbonyl (C=O) groups is 1. The van der Waals surface area contributed by atoms with Crippen molar-refractivity contribution in [1.29, 1.82) is 0 Å². The van der Waals surface area contributed by atoms with Crippen LogP contribution in [0.15, 0.2) is 60.7 Å². The molecule has 0 amide bonds. The fourth-order valence-electron chi connectivity index (χ4n) is 2.29. The minimum Gasteiger partial charge on any atom is -0.457 e. The third-order valence-corrected chi connectivity index (χ3v) is 3.94. The third-order valence-electron chi connectivity index (χ3n) is 3.39. The normalized spacial score (nSPS) is 10.6. The summed E-state index contributed by atoms with van der Waals surface area (Å²) in [6.45, 7) is 0.194. The lowest BCUT2D eigenvalue weighted by atomic mass is 10.1. The van der Waals surface area contributed by atoms with Crippen molar-refractivity contribution in [2.75, 3.05) is 0 Å². The van der Waals surface area contributed by atoms with Gasteiger partial charge in [0.2, 0.25) is 0 Å². The third kappa shape index (κ3) is 3.08. The number of halogens is 2. The van der Waals surface area contributed by atoms with Crippen molar-refractivity contribution in [2.24, 2.45) is 0 Å². The molecule has 0 saturated carbocycles. The quantitative estimate of drug-likeness (QED) is 0.592. The van der Waals surface area contributed by atoms with Crippen molar-refractivity contribution in [3.8, 4) is 0 Å². The first kappa shape index (κ1) is 14.9. The maximum atomic E-state index is 12.1. The van der Waals surface area contributed by atoms with E-state index < -0.39 is 5.97 Å². The van der Waals surface area contributed by atoms with E-state index in [4.69, 9.17) is 27.9 Å². The van der Waals surface area contributed by atoms with Gasteiger partial charge in [0.15, 0.2) is 0 Å². The van der Waals surface area contributed by atoms with E-state index in [0.29, 0.717) is 10.6 Å². The van der Waals surface area contributed by atoms with Gasteiger partial charge < -0.3 is 4.74 Å². The van der Waals surface area contributed by atoms with Gasteiger partial charge in [-0.1, -0.05) is 65.7 Å². The van der Waals surface area contributed by atoms with Gasteiger partial charge in [-0.3, -0.25) is 0 Å². The predicted molar refractivity (Wildman–Crippen MR) is 89.5 cm³/mol. The van der Waals surface area contributed by atoms with E-state index >= 15 is 0 Å². The number of fused-ring (bicyclic) bond motifs is 1. The zero-order chi connectivity index (χ0) is 15.5. The molecular formula is C18H12Cl2O2. The van der Waals surface area contributed by atoms with Crippen LogP contribution in [0.2, 0.25) is 10.0 Å². The van der Waals surface area contributed by atoms with Gasteiger partial charge in [0.1, 0.15) is 6.61 Å². The molecule has 0 aliphatic rings. The fraction of sp³-hybridized carbons (Fsp3) is 0.0556. The van der Waals surface area contributed by atoms with Crippen molar-refractivity contribution >= 4 is 39.9 Å². The molecule has 2 nitrogen and oxygen atoms in total. The second kappa shape index (κ2) is 6.39. The SMILES string of the molecule is O=C(OCc1cccc2ccccc12)c1ccc(Cl)cc1Cl. The maximum absolute atomic E-state index is 12.1. The summed E-state index contributed by atoms with van der Waals surface area (Å²) in [5, 5.41) is 2.95. The molecule has 0 heterocycles. The summed E-state index contributed by atoms with van der Waals surface area (Å²) in [4.78, 5) is 12.1. The van der Waals surface area contributed by atoms with Crippen LogP contribution in [0, 0.1) is 0 Å². The highest BCUT2D eigenvalue weighted by molar-refractivity contribution is 6.36. The first-order chi connectivity index (χ1) is 10.6. The smallest absolute Gasteiger partial charge is 0.339 e. The van der Waals surface area contributed by atoms with Crippen LogP contribution in [0.1, 0.15) is 15.9 Å². The van der Waals surface area contributed by atoms with Crippen LogP contribution >= 0.6 is 23.2 Å². The van der Waals surface area contributed by atoms with E-state index in [1.165, 1.54) is 6.07 Å². The molecule has 0 N–H and O–H groups in total. The van der Waals surface area contributed by atoms with Crippen molar-refractivity contribution in [1.82, 2.24) is 0 Å². The Labute approximate surface area is 138 Å². The Balaban J connectivity index is 1.80. The average molecular weight is 331 g/mol. The van der Waals surface area contributed by atoms with Crippen LogP contribution in [-0.2, 0) is 11.3 Å². The van der Waals surface area contributed by atoms with E-state index in [1.54, 1.807) is 12.1 Å². The maximum Gasteiger partial charge on any atom is 0.339 e. The molecule has 3 rings (SSSR count). The summed E-state index contributed by atoms with van der Waals surface area (Å²) >= 11 is 11.8. The molecule has 0 unspecified atom stereocenters. The van der Waals surface area contributed by atoms with Crippen molar-refractivity contribution in [3.63, 3.8) is 0 Å². The molecule has 3 aromatic rings. The number of carbonyl (C=O) groups excluding carboxylic acids is 1. The van der Waals surface area contributed by atoms with Crippen molar-refractivity contribution in [3.05, 3.63) is 81.8 Å². The Bertz CT molecular complexity index is 838. The molecule has 3 aromatic carbocycles.